The van der Waals surface area contributed by atoms with Gasteiger partial charge in [-0.1, -0.05) is 12.1 Å². The van der Waals surface area contributed by atoms with Gasteiger partial charge < -0.3 is 15.3 Å². The molecule has 4 heteroatoms. The third-order valence-corrected chi connectivity index (χ3v) is 4.35. The number of nitrogens with zero attached hydrogens (tertiary/aromatic N) is 1. The molecular formula is C15H20N2O2. The SMILES string of the molecule is CN(Cc1ccc(O)cc1)C(=O)C1CC2CCC1N2. The van der Waals surface area contributed by atoms with Crippen LogP contribution < -0.4 is 5.32 Å². The monoisotopic (exact) mass is 260 g/mol. The highest BCUT2D eigenvalue weighted by molar-refractivity contribution is 5.80. The van der Waals surface area contributed by atoms with Crippen LogP contribution >= 0.6 is 0 Å². The van der Waals surface area contributed by atoms with E-state index in [4.69, 9.17) is 0 Å². The van der Waals surface area contributed by atoms with Crippen molar-refractivity contribution in [1.82, 2.24) is 10.2 Å². The van der Waals surface area contributed by atoms with Crippen molar-refractivity contribution < 1.29 is 9.90 Å². The summed E-state index contributed by atoms with van der Waals surface area (Å²) < 4.78 is 0. The first-order chi connectivity index (χ1) is 9.13. The Bertz CT molecular complexity index is 472. The van der Waals surface area contributed by atoms with Gasteiger partial charge in [0.25, 0.3) is 0 Å². The van der Waals surface area contributed by atoms with Crippen LogP contribution in [0.1, 0.15) is 24.8 Å². The van der Waals surface area contributed by atoms with Crippen LogP contribution in [0, 0.1) is 5.92 Å². The maximum absolute atomic E-state index is 12.4. The summed E-state index contributed by atoms with van der Waals surface area (Å²) >= 11 is 0. The molecule has 2 aliphatic rings. The van der Waals surface area contributed by atoms with Crippen molar-refractivity contribution in [3.05, 3.63) is 29.8 Å². The molecule has 2 saturated heterocycles. The van der Waals surface area contributed by atoms with E-state index in [9.17, 15) is 9.90 Å². The Hall–Kier alpha value is -1.55. The van der Waals surface area contributed by atoms with Gasteiger partial charge in [-0.05, 0) is 37.0 Å². The molecule has 4 nitrogen and oxygen atoms in total. The standard InChI is InChI=1S/C15H20N2O2/c1-17(9-10-2-5-12(18)6-3-10)15(19)13-8-11-4-7-14(13)16-11/h2-3,5-6,11,13-14,16,18H,4,7-9H2,1H3. The van der Waals surface area contributed by atoms with Crippen molar-refractivity contribution in [1.29, 1.82) is 0 Å². The molecule has 1 aromatic carbocycles. The minimum Gasteiger partial charge on any atom is -0.508 e. The fourth-order valence-corrected chi connectivity index (χ4v) is 3.33. The minimum atomic E-state index is 0.154. The number of hydrogen-bond acceptors (Lipinski definition) is 3. The fourth-order valence-electron chi connectivity index (χ4n) is 3.33. The van der Waals surface area contributed by atoms with Crippen molar-refractivity contribution in [3.63, 3.8) is 0 Å². The highest BCUT2D eigenvalue weighted by Gasteiger charge is 2.43. The van der Waals surface area contributed by atoms with Crippen molar-refractivity contribution in [2.24, 2.45) is 5.92 Å². The quantitative estimate of drug-likeness (QED) is 0.866. The number of amides is 1. The molecule has 0 saturated carbocycles. The molecule has 2 bridgehead atoms. The number of nitrogens with one attached hydrogen (secondary N) is 1. The van der Waals surface area contributed by atoms with E-state index in [0.29, 0.717) is 18.6 Å². The number of carbonyl (C=O) groups is 1. The Labute approximate surface area is 113 Å². The molecular weight excluding hydrogens is 240 g/mol. The van der Waals surface area contributed by atoms with E-state index in [2.05, 4.69) is 5.32 Å². The molecule has 0 spiro atoms. The normalized spacial score (nSPS) is 28.6. The molecule has 0 aromatic heterocycles. The summed E-state index contributed by atoms with van der Waals surface area (Å²) in [5.74, 6) is 0.656. The molecule has 2 aliphatic heterocycles. The van der Waals surface area contributed by atoms with Crippen LogP contribution in [0.15, 0.2) is 24.3 Å². The Balaban J connectivity index is 1.62. The number of phenolic OH excluding ortho intramolecular Hbond substituents is 1. The lowest BCUT2D eigenvalue weighted by Gasteiger charge is -2.25. The van der Waals surface area contributed by atoms with Crippen LogP contribution in [0.3, 0.4) is 0 Å². The van der Waals surface area contributed by atoms with Crippen molar-refractivity contribution in [2.45, 2.75) is 37.9 Å². The van der Waals surface area contributed by atoms with Crippen LogP contribution in [0.5, 0.6) is 5.75 Å². The molecule has 1 amide bonds. The van der Waals surface area contributed by atoms with E-state index >= 15 is 0 Å². The second kappa shape index (κ2) is 4.85. The van der Waals surface area contributed by atoms with Crippen molar-refractivity contribution in [3.8, 4) is 5.75 Å². The molecule has 2 heterocycles. The highest BCUT2D eigenvalue weighted by atomic mass is 16.3. The van der Waals surface area contributed by atoms with Crippen LogP contribution in [0.2, 0.25) is 0 Å². The van der Waals surface area contributed by atoms with E-state index < -0.39 is 0 Å². The molecule has 0 radical (unpaired) electrons. The minimum absolute atomic E-state index is 0.154. The maximum atomic E-state index is 12.4. The summed E-state index contributed by atoms with van der Waals surface area (Å²) in [5.41, 5.74) is 1.05. The number of fused-ring (bicyclic) bond motifs is 2. The Morgan fingerprint density at radius 1 is 1.37 bits per heavy atom. The zero-order valence-corrected chi connectivity index (χ0v) is 11.2. The van der Waals surface area contributed by atoms with Gasteiger partial charge in [-0.3, -0.25) is 4.79 Å². The maximum Gasteiger partial charge on any atom is 0.227 e. The highest BCUT2D eigenvalue weighted by Crippen LogP contribution is 2.34. The van der Waals surface area contributed by atoms with Crippen LogP contribution in [-0.2, 0) is 11.3 Å². The van der Waals surface area contributed by atoms with E-state index in [0.717, 1.165) is 18.4 Å². The summed E-state index contributed by atoms with van der Waals surface area (Å²) in [4.78, 5) is 14.2. The Morgan fingerprint density at radius 3 is 2.68 bits per heavy atom. The predicted molar refractivity (Wildman–Crippen MR) is 72.6 cm³/mol. The van der Waals surface area contributed by atoms with Crippen LogP contribution in [-0.4, -0.2) is 35.0 Å². The molecule has 1 aromatic rings. The zero-order chi connectivity index (χ0) is 13.4. The van der Waals surface area contributed by atoms with E-state index in [1.807, 2.05) is 19.2 Å². The van der Waals surface area contributed by atoms with Gasteiger partial charge in [0.05, 0.1) is 5.92 Å². The predicted octanol–water partition coefficient (Wildman–Crippen LogP) is 1.49. The summed E-state index contributed by atoms with van der Waals surface area (Å²) in [5, 5.41) is 12.8. The van der Waals surface area contributed by atoms with Gasteiger partial charge in [0, 0.05) is 25.7 Å². The summed E-state index contributed by atoms with van der Waals surface area (Å²) in [6, 6.07) is 7.98. The first kappa shape index (κ1) is 12.5. The second-order valence-electron chi connectivity index (χ2n) is 5.75. The van der Waals surface area contributed by atoms with E-state index in [-0.39, 0.29) is 17.6 Å². The number of phenols is 1. The molecule has 102 valence electrons. The lowest BCUT2D eigenvalue weighted by molar-refractivity contribution is -0.135. The van der Waals surface area contributed by atoms with Gasteiger partial charge in [0.15, 0.2) is 0 Å². The smallest absolute Gasteiger partial charge is 0.227 e. The number of hydrogen-bond donors (Lipinski definition) is 2. The van der Waals surface area contributed by atoms with Crippen molar-refractivity contribution in [2.75, 3.05) is 7.05 Å². The number of aromatic hydroxyl groups is 1. The fraction of sp³-hybridized carbons (Fsp3) is 0.533. The van der Waals surface area contributed by atoms with Crippen molar-refractivity contribution >= 4 is 5.91 Å². The lowest BCUT2D eigenvalue weighted by atomic mass is 9.88. The molecule has 19 heavy (non-hydrogen) atoms. The summed E-state index contributed by atoms with van der Waals surface area (Å²) in [6.07, 6.45) is 3.34. The van der Waals surface area contributed by atoms with Gasteiger partial charge in [-0.15, -0.1) is 0 Å². The number of rotatable bonds is 3. The van der Waals surface area contributed by atoms with Gasteiger partial charge in [0.2, 0.25) is 5.91 Å². The van der Waals surface area contributed by atoms with E-state index in [1.165, 1.54) is 6.42 Å². The second-order valence-corrected chi connectivity index (χ2v) is 5.75. The summed E-state index contributed by atoms with van der Waals surface area (Å²) in [7, 11) is 1.86. The molecule has 3 unspecified atom stereocenters. The first-order valence-corrected chi connectivity index (χ1v) is 6.92. The lowest BCUT2D eigenvalue weighted by Crippen LogP contribution is -2.38. The zero-order valence-electron chi connectivity index (χ0n) is 11.2. The first-order valence-electron chi connectivity index (χ1n) is 6.92. The average Bonchev–Trinajstić information content (AvgIpc) is 3.03. The number of benzene rings is 1. The van der Waals surface area contributed by atoms with Crippen LogP contribution in [0.25, 0.3) is 0 Å². The third-order valence-electron chi connectivity index (χ3n) is 4.35. The van der Waals surface area contributed by atoms with Gasteiger partial charge in [-0.25, -0.2) is 0 Å². The van der Waals surface area contributed by atoms with Gasteiger partial charge in [0.1, 0.15) is 5.75 Å². The average molecular weight is 260 g/mol. The number of carbonyl (C=O) groups excluding carboxylic acids is 1. The molecule has 3 atom stereocenters. The largest absolute Gasteiger partial charge is 0.508 e. The molecule has 0 aliphatic carbocycles. The molecule has 2 N–H and O–H groups in total. The van der Waals surface area contributed by atoms with Gasteiger partial charge >= 0.3 is 0 Å². The molecule has 2 fully saturated rings. The third kappa shape index (κ3) is 2.45. The Morgan fingerprint density at radius 2 is 2.11 bits per heavy atom. The summed E-state index contributed by atoms with van der Waals surface area (Å²) in [6.45, 7) is 0.604. The van der Waals surface area contributed by atoms with E-state index in [1.54, 1.807) is 17.0 Å². The Kier molecular flexibility index (Phi) is 3.19. The van der Waals surface area contributed by atoms with Gasteiger partial charge in [-0.2, -0.15) is 0 Å². The molecule has 3 rings (SSSR count). The van der Waals surface area contributed by atoms with Crippen LogP contribution in [0.4, 0.5) is 0 Å². The topological polar surface area (TPSA) is 52.6 Å².